The second-order valence-corrected chi connectivity index (χ2v) is 5.66. The minimum absolute atomic E-state index is 0.316. The van der Waals surface area contributed by atoms with Crippen molar-refractivity contribution >= 4 is 28.7 Å². The summed E-state index contributed by atoms with van der Waals surface area (Å²) in [5, 5.41) is 9.54. The van der Waals surface area contributed by atoms with Gasteiger partial charge in [0.2, 0.25) is 0 Å². The summed E-state index contributed by atoms with van der Waals surface area (Å²) in [6.45, 7) is 5.72. The van der Waals surface area contributed by atoms with Gasteiger partial charge in [-0.2, -0.15) is 5.26 Å². The SMILES string of the molecule is CCOC(=O)c1c(C)[nH]c(C=C(C#N)c2nc3ccccc3[nH]2)c1C. The average molecular weight is 334 g/mol. The number of nitrogens with one attached hydrogen (secondary N) is 2. The van der Waals surface area contributed by atoms with Gasteiger partial charge in [-0.3, -0.25) is 0 Å². The molecule has 0 aliphatic carbocycles. The summed E-state index contributed by atoms with van der Waals surface area (Å²) in [5.41, 5.74) is 4.71. The van der Waals surface area contributed by atoms with Crippen LogP contribution in [0.25, 0.3) is 22.7 Å². The van der Waals surface area contributed by atoms with Gasteiger partial charge in [-0.15, -0.1) is 0 Å². The summed E-state index contributed by atoms with van der Waals surface area (Å²) in [5.74, 6) is 0.128. The zero-order chi connectivity index (χ0) is 18.0. The number of benzene rings is 1. The number of hydrogen-bond acceptors (Lipinski definition) is 4. The molecule has 1 aromatic carbocycles. The van der Waals surface area contributed by atoms with Crippen LogP contribution in [0.2, 0.25) is 0 Å². The van der Waals surface area contributed by atoms with Crippen LogP contribution in [-0.4, -0.2) is 27.5 Å². The molecule has 2 aromatic heterocycles. The van der Waals surface area contributed by atoms with E-state index in [1.165, 1.54) is 0 Å². The van der Waals surface area contributed by atoms with Crippen LogP contribution in [0.4, 0.5) is 0 Å². The van der Waals surface area contributed by atoms with Gasteiger partial charge in [0.05, 0.1) is 28.8 Å². The Labute approximate surface area is 145 Å². The second kappa shape index (κ2) is 6.65. The molecular formula is C19H18N4O2. The third-order valence-electron chi connectivity index (χ3n) is 4.01. The molecule has 0 spiro atoms. The lowest BCUT2D eigenvalue weighted by atomic mass is 10.1. The van der Waals surface area contributed by atoms with Crippen molar-refractivity contribution in [3.63, 3.8) is 0 Å². The predicted octanol–water partition coefficient (Wildman–Crippen LogP) is 3.75. The summed E-state index contributed by atoms with van der Waals surface area (Å²) >= 11 is 0. The molecule has 126 valence electrons. The Balaban J connectivity index is 2.05. The van der Waals surface area contributed by atoms with Gasteiger partial charge in [-0.25, -0.2) is 9.78 Å². The van der Waals surface area contributed by atoms with Crippen LogP contribution in [0.3, 0.4) is 0 Å². The Bertz CT molecular complexity index is 985. The quantitative estimate of drug-likeness (QED) is 0.561. The largest absolute Gasteiger partial charge is 0.462 e. The van der Waals surface area contributed by atoms with Crippen molar-refractivity contribution in [1.29, 1.82) is 5.26 Å². The van der Waals surface area contributed by atoms with Crippen molar-refractivity contribution in [1.82, 2.24) is 15.0 Å². The Morgan fingerprint density at radius 1 is 1.32 bits per heavy atom. The van der Waals surface area contributed by atoms with Crippen LogP contribution >= 0.6 is 0 Å². The number of para-hydroxylation sites is 2. The van der Waals surface area contributed by atoms with E-state index in [0.717, 1.165) is 16.6 Å². The zero-order valence-corrected chi connectivity index (χ0v) is 14.3. The van der Waals surface area contributed by atoms with Gasteiger partial charge in [0.1, 0.15) is 11.9 Å². The van der Waals surface area contributed by atoms with Crippen LogP contribution in [-0.2, 0) is 4.74 Å². The summed E-state index contributed by atoms with van der Waals surface area (Å²) in [7, 11) is 0. The van der Waals surface area contributed by atoms with E-state index in [1.54, 1.807) is 13.0 Å². The molecule has 0 bridgehead atoms. The fraction of sp³-hybridized carbons (Fsp3) is 0.211. The molecule has 3 rings (SSSR count). The van der Waals surface area contributed by atoms with Gasteiger partial charge < -0.3 is 14.7 Å². The number of esters is 1. The van der Waals surface area contributed by atoms with Gasteiger partial charge in [0, 0.05) is 11.4 Å². The standard InChI is InChI=1S/C19H18N4O2/c1-4-25-19(24)17-11(2)16(21-12(17)3)9-13(10-20)18-22-14-7-5-6-8-15(14)23-18/h5-9,21H,4H2,1-3H3,(H,22,23). The molecule has 0 aliphatic heterocycles. The van der Waals surface area contributed by atoms with Crippen molar-refractivity contribution in [2.45, 2.75) is 20.8 Å². The highest BCUT2D eigenvalue weighted by atomic mass is 16.5. The average Bonchev–Trinajstić information content (AvgIpc) is 3.13. The van der Waals surface area contributed by atoms with E-state index >= 15 is 0 Å². The van der Waals surface area contributed by atoms with Crippen LogP contribution < -0.4 is 0 Å². The number of carbonyl (C=O) groups excluding carboxylic acids is 1. The van der Waals surface area contributed by atoms with E-state index in [-0.39, 0.29) is 5.97 Å². The van der Waals surface area contributed by atoms with Gasteiger partial charge in [-0.1, -0.05) is 12.1 Å². The second-order valence-electron chi connectivity index (χ2n) is 5.66. The molecule has 0 radical (unpaired) electrons. The van der Waals surface area contributed by atoms with Crippen molar-refractivity contribution in [2.24, 2.45) is 0 Å². The van der Waals surface area contributed by atoms with Crippen molar-refractivity contribution < 1.29 is 9.53 Å². The van der Waals surface area contributed by atoms with E-state index < -0.39 is 0 Å². The Morgan fingerprint density at radius 3 is 2.76 bits per heavy atom. The summed E-state index contributed by atoms with van der Waals surface area (Å²) in [6, 6.07) is 9.76. The zero-order valence-electron chi connectivity index (χ0n) is 14.3. The highest BCUT2D eigenvalue weighted by Gasteiger charge is 2.19. The normalized spacial score (nSPS) is 11.5. The number of nitrogens with zero attached hydrogens (tertiary/aromatic N) is 2. The van der Waals surface area contributed by atoms with Gasteiger partial charge in [-0.05, 0) is 44.5 Å². The maximum atomic E-state index is 12.1. The van der Waals surface area contributed by atoms with Crippen molar-refractivity contribution in [3.8, 4) is 6.07 Å². The molecule has 0 saturated carbocycles. The van der Waals surface area contributed by atoms with Gasteiger partial charge >= 0.3 is 5.97 Å². The van der Waals surface area contributed by atoms with Crippen molar-refractivity contribution in [3.05, 3.63) is 52.6 Å². The number of fused-ring (bicyclic) bond motifs is 1. The minimum atomic E-state index is -0.365. The van der Waals surface area contributed by atoms with E-state index in [2.05, 4.69) is 21.0 Å². The first kappa shape index (κ1) is 16.5. The third kappa shape index (κ3) is 3.04. The number of rotatable bonds is 4. The number of ether oxygens (including phenoxy) is 1. The molecule has 0 unspecified atom stereocenters. The highest BCUT2D eigenvalue weighted by molar-refractivity contribution is 5.96. The number of hydrogen-bond donors (Lipinski definition) is 2. The highest BCUT2D eigenvalue weighted by Crippen LogP contribution is 2.24. The molecule has 2 N–H and O–H groups in total. The number of aromatic nitrogens is 3. The maximum absolute atomic E-state index is 12.1. The molecule has 0 amide bonds. The lowest BCUT2D eigenvalue weighted by Gasteiger charge is -2.02. The molecular weight excluding hydrogens is 316 g/mol. The molecule has 2 heterocycles. The van der Waals surface area contributed by atoms with E-state index in [9.17, 15) is 10.1 Å². The molecule has 25 heavy (non-hydrogen) atoms. The Kier molecular flexibility index (Phi) is 4.40. The third-order valence-corrected chi connectivity index (χ3v) is 4.01. The van der Waals surface area contributed by atoms with Gasteiger partial charge in [0.15, 0.2) is 0 Å². The Morgan fingerprint density at radius 2 is 2.08 bits per heavy atom. The van der Waals surface area contributed by atoms with E-state index in [4.69, 9.17) is 4.74 Å². The number of aryl methyl sites for hydroxylation is 1. The fourth-order valence-electron chi connectivity index (χ4n) is 2.81. The summed E-state index contributed by atoms with van der Waals surface area (Å²) in [4.78, 5) is 22.8. The summed E-state index contributed by atoms with van der Waals surface area (Å²) in [6.07, 6.45) is 1.70. The van der Waals surface area contributed by atoms with Crippen LogP contribution in [0, 0.1) is 25.2 Å². The molecule has 0 atom stereocenters. The Hall–Kier alpha value is -3.33. The van der Waals surface area contributed by atoms with Crippen LogP contribution in [0.1, 0.15) is 40.1 Å². The lowest BCUT2D eigenvalue weighted by molar-refractivity contribution is 0.0525. The number of carbonyl (C=O) groups is 1. The first-order valence-corrected chi connectivity index (χ1v) is 7.98. The summed E-state index contributed by atoms with van der Waals surface area (Å²) < 4.78 is 5.10. The molecule has 6 nitrogen and oxygen atoms in total. The molecule has 0 fully saturated rings. The number of allylic oxidation sites excluding steroid dienone is 1. The lowest BCUT2D eigenvalue weighted by Crippen LogP contribution is -2.06. The fourth-order valence-corrected chi connectivity index (χ4v) is 2.81. The van der Waals surface area contributed by atoms with Crippen LogP contribution in [0.5, 0.6) is 0 Å². The first-order chi connectivity index (χ1) is 12.0. The minimum Gasteiger partial charge on any atom is -0.462 e. The smallest absolute Gasteiger partial charge is 0.340 e. The van der Waals surface area contributed by atoms with E-state index in [0.29, 0.717) is 35.0 Å². The maximum Gasteiger partial charge on any atom is 0.340 e. The number of imidazole rings is 1. The predicted molar refractivity (Wildman–Crippen MR) is 95.8 cm³/mol. The molecule has 6 heteroatoms. The monoisotopic (exact) mass is 334 g/mol. The molecule has 0 aliphatic rings. The van der Waals surface area contributed by atoms with Crippen LogP contribution in [0.15, 0.2) is 24.3 Å². The number of aromatic amines is 2. The molecule has 3 aromatic rings. The molecule has 0 saturated heterocycles. The van der Waals surface area contributed by atoms with Crippen molar-refractivity contribution in [2.75, 3.05) is 6.61 Å². The number of H-pyrrole nitrogens is 2. The van der Waals surface area contributed by atoms with E-state index in [1.807, 2.05) is 38.1 Å². The first-order valence-electron chi connectivity index (χ1n) is 7.98. The van der Waals surface area contributed by atoms with Gasteiger partial charge in [0.25, 0.3) is 0 Å². The number of nitriles is 1. The topological polar surface area (TPSA) is 94.6 Å².